The van der Waals surface area contributed by atoms with Gasteiger partial charge in [0, 0.05) is 51.9 Å². The molecule has 0 saturated carbocycles. The third-order valence-corrected chi connectivity index (χ3v) is 7.17. The first-order valence-electron chi connectivity index (χ1n) is 9.90. The summed E-state index contributed by atoms with van der Waals surface area (Å²) in [6.45, 7) is 7.60. The van der Waals surface area contributed by atoms with E-state index in [9.17, 15) is 21.6 Å². The van der Waals surface area contributed by atoms with Crippen LogP contribution in [0.3, 0.4) is 0 Å². The third kappa shape index (κ3) is 6.43. The van der Waals surface area contributed by atoms with Crippen molar-refractivity contribution in [2.24, 2.45) is 10.9 Å². The van der Waals surface area contributed by atoms with Crippen molar-refractivity contribution in [3.05, 3.63) is 0 Å². The monoisotopic (exact) mass is 443 g/mol. The van der Waals surface area contributed by atoms with Crippen molar-refractivity contribution < 1.29 is 26.3 Å². The average molecular weight is 444 g/mol. The van der Waals surface area contributed by atoms with Gasteiger partial charge in [0.05, 0.1) is 13.2 Å². The molecule has 0 amide bonds. The highest BCUT2D eigenvalue weighted by molar-refractivity contribution is 7.90. The number of rotatable bonds is 6. The van der Waals surface area contributed by atoms with Gasteiger partial charge in [-0.3, -0.25) is 9.89 Å². The Kier molecular flexibility index (Phi) is 8.56. The van der Waals surface area contributed by atoms with Crippen LogP contribution in [0.15, 0.2) is 4.99 Å². The van der Waals surface area contributed by atoms with Crippen LogP contribution in [0.2, 0.25) is 0 Å². The maximum atomic E-state index is 12.6. The summed E-state index contributed by atoms with van der Waals surface area (Å²) >= 11 is 0. The summed E-state index contributed by atoms with van der Waals surface area (Å²) in [4.78, 5) is 6.57. The number of alkyl halides is 3. The van der Waals surface area contributed by atoms with E-state index in [0.717, 1.165) is 19.8 Å². The predicted molar refractivity (Wildman–Crippen MR) is 105 cm³/mol. The van der Waals surface area contributed by atoms with E-state index in [-0.39, 0.29) is 19.0 Å². The van der Waals surface area contributed by atoms with Gasteiger partial charge in [0.1, 0.15) is 0 Å². The first-order valence-corrected chi connectivity index (χ1v) is 11.3. The van der Waals surface area contributed by atoms with Crippen molar-refractivity contribution >= 4 is 16.0 Å². The van der Waals surface area contributed by atoms with Crippen LogP contribution in [0, 0.1) is 5.92 Å². The molecule has 0 spiro atoms. The molecule has 0 radical (unpaired) electrons. The molecule has 2 saturated heterocycles. The molecular weight excluding hydrogens is 411 g/mol. The van der Waals surface area contributed by atoms with Crippen LogP contribution in [0.25, 0.3) is 0 Å². The molecule has 2 N–H and O–H groups in total. The fourth-order valence-electron chi connectivity index (χ4n) is 3.72. The number of sulfonamides is 1. The van der Waals surface area contributed by atoms with Gasteiger partial charge in [-0.15, -0.1) is 0 Å². The van der Waals surface area contributed by atoms with E-state index < -0.39 is 15.5 Å². The second kappa shape index (κ2) is 10.3. The second-order valence-corrected chi connectivity index (χ2v) is 9.57. The molecule has 29 heavy (non-hydrogen) atoms. The second-order valence-electron chi connectivity index (χ2n) is 7.64. The molecule has 0 bridgehead atoms. The van der Waals surface area contributed by atoms with Crippen molar-refractivity contribution in [3.8, 4) is 0 Å². The van der Waals surface area contributed by atoms with E-state index in [1.54, 1.807) is 7.05 Å². The zero-order valence-electron chi connectivity index (χ0n) is 17.2. The minimum atomic E-state index is -5.24. The molecule has 2 unspecified atom stereocenters. The zero-order chi connectivity index (χ0) is 21.7. The minimum absolute atomic E-state index is 0.0879. The first-order chi connectivity index (χ1) is 13.6. The molecule has 2 fully saturated rings. The normalized spacial score (nSPS) is 25.0. The Labute approximate surface area is 170 Å². The van der Waals surface area contributed by atoms with Gasteiger partial charge < -0.3 is 15.4 Å². The number of hydrogen-bond acceptors (Lipinski definition) is 5. The summed E-state index contributed by atoms with van der Waals surface area (Å²) in [5.41, 5.74) is -5.24. The summed E-state index contributed by atoms with van der Waals surface area (Å²) in [6, 6.07) is 0.650. The quantitative estimate of drug-likeness (QED) is 0.467. The molecule has 0 aromatic heterocycles. The van der Waals surface area contributed by atoms with Gasteiger partial charge in [-0.2, -0.15) is 17.5 Å². The number of morpholine rings is 1. The Morgan fingerprint density at radius 1 is 1.24 bits per heavy atom. The Morgan fingerprint density at radius 2 is 1.90 bits per heavy atom. The minimum Gasteiger partial charge on any atom is -0.379 e. The summed E-state index contributed by atoms with van der Waals surface area (Å²) in [7, 11) is -3.57. The van der Waals surface area contributed by atoms with Gasteiger partial charge in [0.2, 0.25) is 0 Å². The number of halogens is 3. The molecule has 2 aliphatic heterocycles. The molecule has 2 heterocycles. The largest absolute Gasteiger partial charge is 0.511 e. The number of nitrogens with one attached hydrogen (secondary N) is 2. The van der Waals surface area contributed by atoms with Crippen LogP contribution in [-0.2, 0) is 14.8 Å². The van der Waals surface area contributed by atoms with Crippen LogP contribution in [0.5, 0.6) is 0 Å². The Balaban J connectivity index is 1.73. The Morgan fingerprint density at radius 3 is 2.45 bits per heavy atom. The van der Waals surface area contributed by atoms with Crippen LogP contribution in [-0.4, -0.2) is 94.2 Å². The molecule has 8 nitrogen and oxygen atoms in total. The maximum absolute atomic E-state index is 12.6. The topological polar surface area (TPSA) is 86.3 Å². The SMILES string of the molecule is CN=C(NCC1CCN(S(=O)(=O)C(F)(F)F)CC1)NCC(C)N1CCOCC1C. The van der Waals surface area contributed by atoms with E-state index in [4.69, 9.17) is 4.74 Å². The van der Waals surface area contributed by atoms with E-state index in [1.165, 1.54) is 0 Å². The van der Waals surface area contributed by atoms with Crippen LogP contribution in [0.1, 0.15) is 26.7 Å². The van der Waals surface area contributed by atoms with E-state index in [0.29, 0.717) is 48.3 Å². The highest BCUT2D eigenvalue weighted by Crippen LogP contribution is 2.30. The van der Waals surface area contributed by atoms with E-state index in [2.05, 4.69) is 34.4 Å². The molecule has 170 valence electrons. The molecule has 0 aromatic carbocycles. The van der Waals surface area contributed by atoms with Gasteiger partial charge >= 0.3 is 15.5 Å². The molecule has 0 aliphatic carbocycles. The van der Waals surface area contributed by atoms with Gasteiger partial charge in [-0.1, -0.05) is 0 Å². The Bertz CT molecular complexity index is 651. The van der Waals surface area contributed by atoms with Crippen LogP contribution < -0.4 is 10.6 Å². The molecule has 2 rings (SSSR count). The molecule has 0 aromatic rings. The van der Waals surface area contributed by atoms with Gasteiger partial charge in [0.15, 0.2) is 5.96 Å². The standard InChI is InChI=1S/C17H32F3N5O3S/c1-13(25-8-9-28-12-14(25)2)10-22-16(21-3)23-11-15-4-6-24(7-5-15)29(26,27)17(18,19)20/h13-15H,4-12H2,1-3H3,(H2,21,22,23). The van der Waals surface area contributed by atoms with Gasteiger partial charge in [-0.05, 0) is 32.6 Å². The zero-order valence-corrected chi connectivity index (χ0v) is 18.0. The lowest BCUT2D eigenvalue weighted by Crippen LogP contribution is -2.53. The molecule has 12 heteroatoms. The first kappa shape index (κ1) is 24.2. The van der Waals surface area contributed by atoms with Crippen molar-refractivity contribution in [3.63, 3.8) is 0 Å². The van der Waals surface area contributed by atoms with Crippen molar-refractivity contribution in [1.82, 2.24) is 19.8 Å². The van der Waals surface area contributed by atoms with E-state index >= 15 is 0 Å². The maximum Gasteiger partial charge on any atom is 0.511 e. The summed E-state index contributed by atoms with van der Waals surface area (Å²) in [5.74, 6) is 0.716. The highest BCUT2D eigenvalue weighted by atomic mass is 32.2. The number of aliphatic imine (C=N–C) groups is 1. The van der Waals surface area contributed by atoms with Crippen LogP contribution in [0.4, 0.5) is 13.2 Å². The van der Waals surface area contributed by atoms with Gasteiger partial charge in [0.25, 0.3) is 0 Å². The molecule has 2 atom stereocenters. The number of piperidine rings is 1. The fourth-order valence-corrected chi connectivity index (χ4v) is 4.70. The Hall–Kier alpha value is -1.11. The average Bonchev–Trinajstić information content (AvgIpc) is 2.67. The number of guanidine groups is 1. The van der Waals surface area contributed by atoms with Gasteiger partial charge in [-0.25, -0.2) is 8.42 Å². The summed E-state index contributed by atoms with van der Waals surface area (Å²) < 4.78 is 66.9. The van der Waals surface area contributed by atoms with Crippen molar-refractivity contribution in [2.45, 2.75) is 44.3 Å². The lowest BCUT2D eigenvalue weighted by Gasteiger charge is -2.38. The number of ether oxygens (including phenoxy) is 1. The third-order valence-electron chi connectivity index (χ3n) is 5.54. The lowest BCUT2D eigenvalue weighted by molar-refractivity contribution is -0.0496. The lowest BCUT2D eigenvalue weighted by atomic mass is 9.98. The van der Waals surface area contributed by atoms with Crippen molar-refractivity contribution in [1.29, 1.82) is 0 Å². The predicted octanol–water partition coefficient (Wildman–Crippen LogP) is 0.822. The van der Waals surface area contributed by atoms with Crippen molar-refractivity contribution in [2.75, 3.05) is 53.0 Å². The molecule has 2 aliphatic rings. The smallest absolute Gasteiger partial charge is 0.379 e. The summed E-state index contributed by atoms with van der Waals surface area (Å²) in [6.07, 6.45) is 0.752. The fraction of sp³-hybridized carbons (Fsp3) is 0.941. The summed E-state index contributed by atoms with van der Waals surface area (Å²) in [5, 5.41) is 6.48. The number of hydrogen-bond donors (Lipinski definition) is 2. The molecular formula is C17H32F3N5O3S. The number of nitrogens with zero attached hydrogens (tertiary/aromatic N) is 3. The van der Waals surface area contributed by atoms with Crippen LogP contribution >= 0.6 is 0 Å². The highest BCUT2D eigenvalue weighted by Gasteiger charge is 2.50. The van der Waals surface area contributed by atoms with E-state index in [1.807, 2.05) is 0 Å².